The molecule has 2 nitrogen and oxygen atoms in total. The second kappa shape index (κ2) is 6.71. The number of thioether (sulfide) groups is 1. The number of aromatic nitrogens is 1. The van der Waals surface area contributed by atoms with Gasteiger partial charge in [0.2, 0.25) is 0 Å². The lowest BCUT2D eigenvalue weighted by Crippen LogP contribution is -2.12. The van der Waals surface area contributed by atoms with Crippen LogP contribution in [0.5, 0.6) is 0 Å². The van der Waals surface area contributed by atoms with Crippen LogP contribution in [0.2, 0.25) is 0 Å². The van der Waals surface area contributed by atoms with Gasteiger partial charge in [-0.2, -0.15) is 0 Å². The molecule has 112 valence electrons. The van der Waals surface area contributed by atoms with Crippen molar-refractivity contribution in [2.24, 2.45) is 0 Å². The van der Waals surface area contributed by atoms with E-state index in [2.05, 4.69) is 25.8 Å². The van der Waals surface area contributed by atoms with E-state index in [1.54, 1.807) is 18.2 Å². The Morgan fingerprint density at radius 2 is 2.05 bits per heavy atom. The Bertz CT molecular complexity index is 631. The molecular formula is C16H18FNOS2. The molecule has 0 atom stereocenters. The summed E-state index contributed by atoms with van der Waals surface area (Å²) in [6, 6.07) is 6.51. The highest BCUT2D eigenvalue weighted by Gasteiger charge is 2.18. The van der Waals surface area contributed by atoms with Gasteiger partial charge in [-0.1, -0.05) is 32.9 Å². The van der Waals surface area contributed by atoms with Crippen LogP contribution in [0.3, 0.4) is 0 Å². The second-order valence-electron chi connectivity index (χ2n) is 5.81. The summed E-state index contributed by atoms with van der Waals surface area (Å²) in [5, 5.41) is 2.84. The molecule has 0 radical (unpaired) electrons. The Balaban J connectivity index is 1.90. The topological polar surface area (TPSA) is 30.0 Å². The van der Waals surface area contributed by atoms with E-state index in [4.69, 9.17) is 0 Å². The second-order valence-corrected chi connectivity index (χ2v) is 7.77. The number of carbonyl (C=O) groups excluding carboxylic acids is 1. The Labute approximate surface area is 132 Å². The molecule has 0 N–H and O–H groups in total. The minimum absolute atomic E-state index is 0.000283. The van der Waals surface area contributed by atoms with E-state index in [0.29, 0.717) is 11.3 Å². The van der Waals surface area contributed by atoms with E-state index in [0.717, 1.165) is 10.7 Å². The van der Waals surface area contributed by atoms with Crippen molar-refractivity contribution < 1.29 is 9.18 Å². The van der Waals surface area contributed by atoms with Crippen LogP contribution in [-0.4, -0.2) is 16.5 Å². The van der Waals surface area contributed by atoms with Gasteiger partial charge in [0, 0.05) is 15.7 Å². The van der Waals surface area contributed by atoms with Crippen LogP contribution < -0.4 is 0 Å². The molecule has 0 aliphatic heterocycles. The maximum absolute atomic E-state index is 13.5. The minimum atomic E-state index is -0.278. The molecule has 0 aliphatic rings. The number of Topliss-reactive ketones (excluding diaryl/α,β-unsaturated/α-hetero) is 1. The van der Waals surface area contributed by atoms with Crippen molar-refractivity contribution in [2.75, 3.05) is 5.75 Å². The lowest BCUT2D eigenvalue weighted by atomic mass is 9.93. The van der Waals surface area contributed by atoms with Crippen LogP contribution in [0.25, 0.3) is 0 Å². The van der Waals surface area contributed by atoms with Crippen LogP contribution in [-0.2, 0) is 16.6 Å². The largest absolute Gasteiger partial charge is 0.298 e. The average molecular weight is 323 g/mol. The molecule has 0 unspecified atom stereocenters. The van der Waals surface area contributed by atoms with Gasteiger partial charge < -0.3 is 0 Å². The average Bonchev–Trinajstić information content (AvgIpc) is 2.86. The fourth-order valence-electron chi connectivity index (χ4n) is 1.68. The molecule has 0 amide bonds. The van der Waals surface area contributed by atoms with Crippen LogP contribution in [0.4, 0.5) is 4.39 Å². The molecule has 1 heterocycles. The zero-order valence-electron chi connectivity index (χ0n) is 12.4. The fourth-order valence-corrected chi connectivity index (χ4v) is 3.52. The van der Waals surface area contributed by atoms with E-state index in [-0.39, 0.29) is 22.8 Å². The van der Waals surface area contributed by atoms with Gasteiger partial charge in [-0.25, -0.2) is 9.37 Å². The molecule has 1 aromatic carbocycles. The van der Waals surface area contributed by atoms with Gasteiger partial charge in [-0.3, -0.25) is 4.79 Å². The summed E-state index contributed by atoms with van der Waals surface area (Å²) in [5.41, 5.74) is 1.01. The summed E-state index contributed by atoms with van der Waals surface area (Å²) < 4.78 is 13.5. The van der Waals surface area contributed by atoms with Gasteiger partial charge in [-0.15, -0.1) is 23.1 Å². The molecule has 2 aromatic rings. The van der Waals surface area contributed by atoms with Crippen molar-refractivity contribution in [3.63, 3.8) is 0 Å². The number of benzene rings is 1. The number of carbonyl (C=O) groups is 1. The molecule has 1 aromatic heterocycles. The Morgan fingerprint density at radius 3 is 2.67 bits per heavy atom. The van der Waals surface area contributed by atoms with Gasteiger partial charge in [0.05, 0.1) is 17.9 Å². The number of ketones is 1. The van der Waals surface area contributed by atoms with Crippen LogP contribution in [0.1, 0.15) is 31.5 Å². The molecule has 0 bridgehead atoms. The molecule has 0 spiro atoms. The lowest BCUT2D eigenvalue weighted by Gasteiger charge is -2.14. The van der Waals surface area contributed by atoms with Crippen molar-refractivity contribution in [1.82, 2.24) is 4.98 Å². The molecular weight excluding hydrogens is 305 g/mol. The van der Waals surface area contributed by atoms with Crippen molar-refractivity contribution in [3.8, 4) is 0 Å². The molecule has 0 fully saturated rings. The SMILES string of the molecule is CC(C)(C)c1csc(CC(=O)CSc2ccccc2F)n1. The van der Waals surface area contributed by atoms with Crippen molar-refractivity contribution in [2.45, 2.75) is 37.5 Å². The van der Waals surface area contributed by atoms with E-state index >= 15 is 0 Å². The summed E-state index contributed by atoms with van der Waals surface area (Å²) >= 11 is 2.75. The number of thiazole rings is 1. The number of hydrogen-bond donors (Lipinski definition) is 0. The third-order valence-electron chi connectivity index (χ3n) is 2.89. The Morgan fingerprint density at radius 1 is 1.33 bits per heavy atom. The Hall–Kier alpha value is -1.20. The Kier molecular flexibility index (Phi) is 5.17. The van der Waals surface area contributed by atoms with Gasteiger partial charge in [0.15, 0.2) is 0 Å². The molecule has 2 rings (SSSR count). The molecule has 21 heavy (non-hydrogen) atoms. The van der Waals surface area contributed by atoms with Gasteiger partial charge >= 0.3 is 0 Å². The first-order valence-electron chi connectivity index (χ1n) is 6.70. The predicted octanol–water partition coefficient (Wildman–Crippen LogP) is 4.48. The van der Waals surface area contributed by atoms with Crippen LogP contribution >= 0.6 is 23.1 Å². The highest BCUT2D eigenvalue weighted by Crippen LogP contribution is 2.25. The summed E-state index contributed by atoms with van der Waals surface area (Å²) in [5.74, 6) is 0.0587. The maximum Gasteiger partial charge on any atom is 0.149 e. The first kappa shape index (κ1) is 16.2. The molecule has 5 heteroatoms. The first-order chi connectivity index (χ1) is 9.86. The first-order valence-corrected chi connectivity index (χ1v) is 8.56. The highest BCUT2D eigenvalue weighted by atomic mass is 32.2. The summed E-state index contributed by atoms with van der Waals surface area (Å²) in [6.07, 6.45) is 0.322. The number of halogens is 1. The van der Waals surface area contributed by atoms with E-state index in [1.165, 1.54) is 29.2 Å². The number of nitrogens with zero attached hydrogens (tertiary/aromatic N) is 1. The third-order valence-corrected chi connectivity index (χ3v) is 4.85. The van der Waals surface area contributed by atoms with Gasteiger partial charge in [0.1, 0.15) is 16.6 Å². The summed E-state index contributed by atoms with van der Waals surface area (Å²) in [7, 11) is 0. The van der Waals surface area contributed by atoms with Gasteiger partial charge in [0.25, 0.3) is 0 Å². The molecule has 0 aliphatic carbocycles. The lowest BCUT2D eigenvalue weighted by molar-refractivity contribution is -0.116. The third kappa shape index (κ3) is 4.64. The van der Waals surface area contributed by atoms with Crippen LogP contribution in [0, 0.1) is 5.82 Å². The van der Waals surface area contributed by atoms with Crippen molar-refractivity contribution in [3.05, 3.63) is 46.2 Å². The van der Waals surface area contributed by atoms with Gasteiger partial charge in [-0.05, 0) is 12.1 Å². The van der Waals surface area contributed by atoms with E-state index < -0.39 is 0 Å². The van der Waals surface area contributed by atoms with E-state index in [9.17, 15) is 9.18 Å². The highest BCUT2D eigenvalue weighted by molar-refractivity contribution is 8.00. The molecule has 0 saturated heterocycles. The predicted molar refractivity (Wildman–Crippen MR) is 86.6 cm³/mol. The number of rotatable bonds is 5. The zero-order valence-corrected chi connectivity index (χ0v) is 14.0. The maximum atomic E-state index is 13.5. The van der Waals surface area contributed by atoms with Crippen LogP contribution in [0.15, 0.2) is 34.5 Å². The summed E-state index contributed by atoms with van der Waals surface area (Å²) in [6.45, 7) is 6.30. The smallest absolute Gasteiger partial charge is 0.149 e. The zero-order chi connectivity index (χ0) is 15.5. The minimum Gasteiger partial charge on any atom is -0.298 e. The monoisotopic (exact) mass is 323 g/mol. The van der Waals surface area contributed by atoms with E-state index in [1.807, 2.05) is 5.38 Å². The fraction of sp³-hybridized carbons (Fsp3) is 0.375. The normalized spacial score (nSPS) is 11.6. The van der Waals surface area contributed by atoms with Crippen molar-refractivity contribution in [1.29, 1.82) is 0 Å². The standard InChI is InChI=1S/C16H18FNOS2/c1-16(2,3)14-10-21-15(18-14)8-11(19)9-20-13-7-5-4-6-12(13)17/h4-7,10H,8-9H2,1-3H3. The van der Waals surface area contributed by atoms with Crippen molar-refractivity contribution >= 4 is 28.9 Å². The quantitative estimate of drug-likeness (QED) is 0.760. The molecule has 0 saturated carbocycles. The summed E-state index contributed by atoms with van der Waals surface area (Å²) in [4.78, 5) is 17.0. The number of hydrogen-bond acceptors (Lipinski definition) is 4.